The van der Waals surface area contributed by atoms with Crippen LogP contribution in [0.3, 0.4) is 0 Å². The molecule has 0 N–H and O–H groups in total. The molecule has 15 heavy (non-hydrogen) atoms. The normalized spacial score (nSPS) is 27.9. The molecule has 0 radical (unpaired) electrons. The lowest BCUT2D eigenvalue weighted by molar-refractivity contribution is -0.141. The van der Waals surface area contributed by atoms with Crippen molar-refractivity contribution in [2.75, 3.05) is 12.3 Å². The van der Waals surface area contributed by atoms with Gasteiger partial charge < -0.3 is 4.90 Å². The fourth-order valence-electron chi connectivity index (χ4n) is 2.10. The Labute approximate surface area is 97.8 Å². The third-order valence-corrected chi connectivity index (χ3v) is 4.23. The maximum Gasteiger partial charge on any atom is 0.228 e. The maximum absolute atomic E-state index is 12.3. The summed E-state index contributed by atoms with van der Waals surface area (Å²) < 4.78 is 0. The highest BCUT2D eigenvalue weighted by molar-refractivity contribution is 8.00. The molecule has 0 aromatic carbocycles. The fourth-order valence-corrected chi connectivity index (χ4v) is 3.34. The minimum atomic E-state index is -0.241. The largest absolute Gasteiger partial charge is 0.337 e. The summed E-state index contributed by atoms with van der Waals surface area (Å²) in [6.07, 6.45) is 1.07. The van der Waals surface area contributed by atoms with E-state index >= 15 is 0 Å². The van der Waals surface area contributed by atoms with Crippen LogP contribution in [-0.2, 0) is 4.79 Å². The van der Waals surface area contributed by atoms with Crippen molar-refractivity contribution in [1.82, 2.24) is 4.90 Å². The van der Waals surface area contributed by atoms with Gasteiger partial charge in [-0.05, 0) is 6.42 Å². The number of carbonyl (C=O) groups is 1. The van der Waals surface area contributed by atoms with E-state index in [-0.39, 0.29) is 5.41 Å². The third-order valence-electron chi connectivity index (χ3n) is 2.98. The lowest BCUT2D eigenvalue weighted by Crippen LogP contribution is -2.52. The van der Waals surface area contributed by atoms with E-state index in [1.54, 1.807) is 0 Å². The Morgan fingerprint density at radius 3 is 2.53 bits per heavy atom. The van der Waals surface area contributed by atoms with Gasteiger partial charge in [0.05, 0.1) is 0 Å². The van der Waals surface area contributed by atoms with Crippen LogP contribution < -0.4 is 0 Å². The first kappa shape index (κ1) is 12.9. The lowest BCUT2D eigenvalue weighted by atomic mass is 9.93. The Balaban J connectivity index is 2.78. The molecule has 2 nitrogen and oxygen atoms in total. The highest BCUT2D eigenvalue weighted by Gasteiger charge is 2.35. The molecule has 2 unspecified atom stereocenters. The monoisotopic (exact) mass is 229 g/mol. The van der Waals surface area contributed by atoms with Crippen molar-refractivity contribution >= 4 is 17.7 Å². The molecule has 2 atom stereocenters. The van der Waals surface area contributed by atoms with Crippen LogP contribution in [0.1, 0.15) is 41.0 Å². The van der Waals surface area contributed by atoms with Crippen LogP contribution in [0.4, 0.5) is 0 Å². The highest BCUT2D eigenvalue weighted by atomic mass is 32.2. The van der Waals surface area contributed by atoms with Gasteiger partial charge >= 0.3 is 0 Å². The first-order valence-corrected chi connectivity index (χ1v) is 6.85. The van der Waals surface area contributed by atoms with Gasteiger partial charge in [-0.15, -0.1) is 0 Å². The number of hydrogen-bond acceptors (Lipinski definition) is 2. The number of hydrogen-bond donors (Lipinski definition) is 0. The lowest BCUT2D eigenvalue weighted by Gasteiger charge is -2.42. The number of amides is 1. The van der Waals surface area contributed by atoms with E-state index in [1.807, 2.05) is 32.5 Å². The summed E-state index contributed by atoms with van der Waals surface area (Å²) in [6, 6.07) is 0.426. The predicted octanol–water partition coefficient (Wildman–Crippen LogP) is 2.78. The molecular weight excluding hydrogens is 206 g/mol. The minimum absolute atomic E-state index is 0.241. The van der Waals surface area contributed by atoms with Crippen LogP contribution in [0.15, 0.2) is 0 Å². The Morgan fingerprint density at radius 1 is 1.47 bits per heavy atom. The quantitative estimate of drug-likeness (QED) is 0.689. The van der Waals surface area contributed by atoms with E-state index in [4.69, 9.17) is 0 Å². The molecule has 1 aliphatic rings. The van der Waals surface area contributed by atoms with Crippen LogP contribution >= 0.6 is 11.8 Å². The Morgan fingerprint density at radius 2 is 2.07 bits per heavy atom. The molecule has 0 aliphatic carbocycles. The van der Waals surface area contributed by atoms with E-state index in [0.717, 1.165) is 18.7 Å². The molecule has 1 saturated heterocycles. The van der Waals surface area contributed by atoms with Gasteiger partial charge in [-0.25, -0.2) is 0 Å². The van der Waals surface area contributed by atoms with Crippen molar-refractivity contribution in [3.63, 3.8) is 0 Å². The average molecular weight is 229 g/mol. The molecule has 1 fully saturated rings. The molecule has 1 rings (SSSR count). The molecule has 0 spiro atoms. The Kier molecular flexibility index (Phi) is 4.10. The molecule has 1 heterocycles. The first-order chi connectivity index (χ1) is 6.88. The first-order valence-electron chi connectivity index (χ1n) is 5.80. The summed E-state index contributed by atoms with van der Waals surface area (Å²) in [5, 5.41) is 0.579. The number of carbonyl (C=O) groups excluding carboxylic acids is 1. The summed E-state index contributed by atoms with van der Waals surface area (Å²) in [6.45, 7) is 11.4. The summed E-state index contributed by atoms with van der Waals surface area (Å²) in [5.74, 6) is 1.39. The topological polar surface area (TPSA) is 20.3 Å². The van der Waals surface area contributed by atoms with Gasteiger partial charge in [0.15, 0.2) is 0 Å². The maximum atomic E-state index is 12.3. The number of nitrogens with zero attached hydrogens (tertiary/aromatic N) is 1. The van der Waals surface area contributed by atoms with Gasteiger partial charge in [0, 0.05) is 29.0 Å². The van der Waals surface area contributed by atoms with Crippen LogP contribution in [0.5, 0.6) is 0 Å². The summed E-state index contributed by atoms with van der Waals surface area (Å²) in [4.78, 5) is 14.3. The highest BCUT2D eigenvalue weighted by Crippen LogP contribution is 2.30. The SMILES string of the molecule is CCC1C(C)SCCN1C(=O)C(C)(C)C. The summed E-state index contributed by atoms with van der Waals surface area (Å²) in [5.41, 5.74) is -0.241. The third kappa shape index (κ3) is 2.90. The molecule has 1 aliphatic heterocycles. The fraction of sp³-hybridized carbons (Fsp3) is 0.917. The van der Waals surface area contributed by atoms with Gasteiger partial charge in [-0.2, -0.15) is 11.8 Å². The van der Waals surface area contributed by atoms with Crippen LogP contribution in [-0.4, -0.2) is 34.4 Å². The standard InChI is InChI=1S/C12H23NOS/c1-6-10-9(2)15-8-7-13(10)11(14)12(3,4)5/h9-10H,6-8H2,1-5H3. The van der Waals surface area contributed by atoms with E-state index in [2.05, 4.69) is 18.7 Å². The second kappa shape index (κ2) is 4.77. The van der Waals surface area contributed by atoms with Gasteiger partial charge in [0.2, 0.25) is 5.91 Å². The molecule has 0 saturated carbocycles. The number of rotatable bonds is 1. The molecule has 0 aromatic rings. The van der Waals surface area contributed by atoms with E-state index in [0.29, 0.717) is 17.2 Å². The van der Waals surface area contributed by atoms with Crippen molar-refractivity contribution in [2.45, 2.75) is 52.3 Å². The molecular formula is C12H23NOS. The predicted molar refractivity (Wildman–Crippen MR) is 67.2 cm³/mol. The minimum Gasteiger partial charge on any atom is -0.337 e. The second-order valence-corrected chi connectivity index (χ2v) is 6.79. The van der Waals surface area contributed by atoms with Gasteiger partial charge in [-0.1, -0.05) is 34.6 Å². The molecule has 0 bridgehead atoms. The van der Waals surface area contributed by atoms with Gasteiger partial charge in [-0.3, -0.25) is 4.79 Å². The van der Waals surface area contributed by atoms with Gasteiger partial charge in [0.1, 0.15) is 0 Å². The zero-order valence-corrected chi connectivity index (χ0v) is 11.4. The van der Waals surface area contributed by atoms with Crippen molar-refractivity contribution in [1.29, 1.82) is 0 Å². The van der Waals surface area contributed by atoms with Gasteiger partial charge in [0.25, 0.3) is 0 Å². The van der Waals surface area contributed by atoms with Crippen LogP contribution in [0.25, 0.3) is 0 Å². The Hall–Kier alpha value is -0.180. The van der Waals surface area contributed by atoms with Crippen molar-refractivity contribution in [3.8, 4) is 0 Å². The summed E-state index contributed by atoms with van der Waals surface area (Å²) >= 11 is 1.99. The zero-order chi connectivity index (χ0) is 11.6. The van der Waals surface area contributed by atoms with E-state index in [1.165, 1.54) is 0 Å². The Bertz CT molecular complexity index is 234. The molecule has 1 amide bonds. The van der Waals surface area contributed by atoms with Crippen molar-refractivity contribution in [2.24, 2.45) is 5.41 Å². The van der Waals surface area contributed by atoms with Crippen molar-refractivity contribution < 1.29 is 4.79 Å². The van der Waals surface area contributed by atoms with Crippen LogP contribution in [0.2, 0.25) is 0 Å². The van der Waals surface area contributed by atoms with Crippen LogP contribution in [0, 0.1) is 5.41 Å². The molecule has 3 heteroatoms. The number of thioether (sulfide) groups is 1. The zero-order valence-electron chi connectivity index (χ0n) is 10.5. The molecule has 0 aromatic heterocycles. The average Bonchev–Trinajstić information content (AvgIpc) is 2.14. The van der Waals surface area contributed by atoms with E-state index < -0.39 is 0 Å². The smallest absolute Gasteiger partial charge is 0.228 e. The molecule has 88 valence electrons. The van der Waals surface area contributed by atoms with E-state index in [9.17, 15) is 4.79 Å². The summed E-state index contributed by atoms with van der Waals surface area (Å²) in [7, 11) is 0. The second-order valence-electron chi connectivity index (χ2n) is 5.30. The van der Waals surface area contributed by atoms with Crippen molar-refractivity contribution in [3.05, 3.63) is 0 Å².